The predicted octanol–water partition coefficient (Wildman–Crippen LogP) is 16.8. The molecular formula is C62H60N2. The number of anilines is 6. The summed E-state index contributed by atoms with van der Waals surface area (Å²) < 4.78 is 0. The van der Waals surface area contributed by atoms with Crippen LogP contribution in [0.15, 0.2) is 146 Å². The molecule has 0 amide bonds. The van der Waals surface area contributed by atoms with E-state index in [1.807, 2.05) is 0 Å². The van der Waals surface area contributed by atoms with Crippen LogP contribution in [0.5, 0.6) is 0 Å². The third-order valence-electron chi connectivity index (χ3n) is 17.3. The third-order valence-corrected chi connectivity index (χ3v) is 17.3. The zero-order chi connectivity index (χ0) is 42.9. The minimum atomic E-state index is 0.0289. The predicted molar refractivity (Wildman–Crippen MR) is 267 cm³/mol. The highest BCUT2D eigenvalue weighted by Crippen LogP contribution is 2.67. The fourth-order valence-corrected chi connectivity index (χ4v) is 14.5. The molecule has 0 saturated heterocycles. The summed E-state index contributed by atoms with van der Waals surface area (Å²) in [5.41, 5.74) is 25.1. The van der Waals surface area contributed by atoms with Crippen LogP contribution in [0.3, 0.4) is 0 Å². The minimum Gasteiger partial charge on any atom is -0.310 e. The van der Waals surface area contributed by atoms with Crippen LogP contribution >= 0.6 is 0 Å². The molecule has 64 heavy (non-hydrogen) atoms. The lowest BCUT2D eigenvalue weighted by molar-refractivity contribution is 0.253. The van der Waals surface area contributed by atoms with Crippen LogP contribution in [0.1, 0.15) is 109 Å². The van der Waals surface area contributed by atoms with Gasteiger partial charge in [-0.25, -0.2) is 0 Å². The monoisotopic (exact) mass is 832 g/mol. The number of fused-ring (bicyclic) bond motifs is 14. The normalized spacial score (nSPS) is 25.3. The van der Waals surface area contributed by atoms with E-state index in [4.69, 9.17) is 0 Å². The molecule has 6 aliphatic carbocycles. The van der Waals surface area contributed by atoms with Crippen LogP contribution in [0.2, 0.25) is 0 Å². The molecule has 0 N–H and O–H groups in total. The first-order chi connectivity index (χ1) is 31.2. The third kappa shape index (κ3) is 5.90. The van der Waals surface area contributed by atoms with Crippen molar-refractivity contribution in [2.75, 3.05) is 9.80 Å². The van der Waals surface area contributed by atoms with Gasteiger partial charge in [0, 0.05) is 45.0 Å². The quantitative estimate of drug-likeness (QED) is 0.165. The second-order valence-corrected chi connectivity index (χ2v) is 21.5. The molecule has 4 saturated carbocycles. The zero-order valence-electron chi connectivity index (χ0n) is 38.1. The summed E-state index contributed by atoms with van der Waals surface area (Å²) in [6.45, 7) is 8.76. The van der Waals surface area contributed by atoms with Gasteiger partial charge in [-0.1, -0.05) is 109 Å². The van der Waals surface area contributed by atoms with Crippen molar-refractivity contribution in [3.05, 3.63) is 190 Å². The van der Waals surface area contributed by atoms with Crippen molar-refractivity contribution in [2.24, 2.45) is 23.7 Å². The van der Waals surface area contributed by atoms with Crippen LogP contribution in [-0.4, -0.2) is 0 Å². The van der Waals surface area contributed by atoms with Gasteiger partial charge in [-0.2, -0.15) is 0 Å². The van der Waals surface area contributed by atoms with Crippen LogP contribution in [0.4, 0.5) is 34.1 Å². The number of aryl methyl sites for hydroxylation is 4. The molecule has 13 rings (SSSR count). The summed E-state index contributed by atoms with van der Waals surface area (Å²) in [4.78, 5) is 5.01. The van der Waals surface area contributed by atoms with E-state index in [1.165, 1.54) is 143 Å². The molecule has 0 heterocycles. The summed E-state index contributed by atoms with van der Waals surface area (Å²) in [6.07, 6.45) is 13.4. The number of hydrogen-bond acceptors (Lipinski definition) is 2. The Morgan fingerprint density at radius 3 is 0.875 bits per heavy atom. The van der Waals surface area contributed by atoms with Crippen LogP contribution in [0, 0.1) is 51.4 Å². The molecule has 4 unspecified atom stereocenters. The Morgan fingerprint density at radius 1 is 0.312 bits per heavy atom. The van der Waals surface area contributed by atoms with Crippen molar-refractivity contribution < 1.29 is 0 Å². The Bertz CT molecular complexity index is 2640. The Hall–Kier alpha value is -5.86. The molecule has 0 radical (unpaired) electrons. The zero-order valence-corrected chi connectivity index (χ0v) is 38.1. The van der Waals surface area contributed by atoms with E-state index < -0.39 is 0 Å². The van der Waals surface area contributed by atoms with E-state index in [-0.39, 0.29) is 10.8 Å². The van der Waals surface area contributed by atoms with Gasteiger partial charge in [0.1, 0.15) is 0 Å². The van der Waals surface area contributed by atoms with Crippen molar-refractivity contribution in [3.63, 3.8) is 0 Å². The highest BCUT2D eigenvalue weighted by Gasteiger charge is 2.55. The summed E-state index contributed by atoms with van der Waals surface area (Å²) in [6, 6.07) is 57.3. The Kier molecular flexibility index (Phi) is 8.63. The lowest BCUT2D eigenvalue weighted by atomic mass is 9.62. The van der Waals surface area contributed by atoms with Crippen molar-refractivity contribution >= 4 is 34.1 Å². The lowest BCUT2D eigenvalue weighted by Crippen LogP contribution is -2.34. The first kappa shape index (κ1) is 38.6. The van der Waals surface area contributed by atoms with Gasteiger partial charge in [0.2, 0.25) is 0 Å². The van der Waals surface area contributed by atoms with Crippen molar-refractivity contribution in [1.82, 2.24) is 0 Å². The average molecular weight is 833 g/mol. The van der Waals surface area contributed by atoms with E-state index >= 15 is 0 Å². The molecule has 2 spiro atoms. The van der Waals surface area contributed by atoms with Crippen LogP contribution < -0.4 is 9.80 Å². The maximum Gasteiger partial charge on any atom is 0.0465 e. The number of hydrogen-bond donors (Lipinski definition) is 0. The molecule has 0 aliphatic heterocycles. The second kappa shape index (κ2) is 14.3. The van der Waals surface area contributed by atoms with Crippen LogP contribution in [0.25, 0.3) is 22.3 Å². The molecule has 7 aromatic rings. The summed E-state index contributed by atoms with van der Waals surface area (Å²) >= 11 is 0. The van der Waals surface area contributed by atoms with E-state index in [9.17, 15) is 0 Å². The molecule has 2 heteroatoms. The smallest absolute Gasteiger partial charge is 0.0465 e. The maximum atomic E-state index is 2.79. The summed E-state index contributed by atoms with van der Waals surface area (Å²) in [5.74, 6) is 3.18. The molecule has 4 fully saturated rings. The van der Waals surface area contributed by atoms with E-state index in [0.29, 0.717) is 0 Å². The van der Waals surface area contributed by atoms with Crippen molar-refractivity contribution in [2.45, 2.75) is 103 Å². The highest BCUT2D eigenvalue weighted by atomic mass is 15.1. The van der Waals surface area contributed by atoms with Gasteiger partial charge in [0.25, 0.3) is 0 Å². The first-order valence-electron chi connectivity index (χ1n) is 24.6. The van der Waals surface area contributed by atoms with Gasteiger partial charge in [-0.15, -0.1) is 0 Å². The minimum absolute atomic E-state index is 0.0289. The maximum absolute atomic E-state index is 2.79. The molecule has 4 atom stereocenters. The Labute approximate surface area is 381 Å². The number of nitrogens with zero attached hydrogens (tertiary/aromatic N) is 2. The average Bonchev–Trinajstić information content (AvgIpc) is 3.99. The lowest BCUT2D eigenvalue weighted by Gasteiger charge is -2.41. The van der Waals surface area contributed by atoms with Crippen molar-refractivity contribution in [3.8, 4) is 22.3 Å². The van der Waals surface area contributed by atoms with Crippen LogP contribution in [-0.2, 0) is 10.8 Å². The topological polar surface area (TPSA) is 6.48 Å². The summed E-state index contributed by atoms with van der Waals surface area (Å²) in [5, 5.41) is 0. The molecule has 7 aromatic carbocycles. The van der Waals surface area contributed by atoms with Crippen molar-refractivity contribution in [1.29, 1.82) is 0 Å². The molecular weight excluding hydrogens is 773 g/mol. The fraction of sp³-hybridized carbons (Fsp3) is 0.323. The standard InChI is InChI=1S/C62H60N2/c1-39-5-17-47(18-6-39)63(48-19-7-40(2)8-20-48)51-25-27-53-55-33-60-56(34-59(55)61(57(53)31-51)35-43-13-14-44(29-43)36-61)54-28-26-52(32-58(54)62(60)37-45-15-16-46(30-45)38-62)64(49-21-9-41(3)10-22-49)50-23-11-42(4)12-24-50/h5-12,17-28,31-34,43-46H,13-16,29-30,35-38H2,1-4H3. The van der Waals surface area contributed by atoms with Gasteiger partial charge in [0.15, 0.2) is 0 Å². The fourth-order valence-electron chi connectivity index (χ4n) is 14.5. The largest absolute Gasteiger partial charge is 0.310 e. The summed E-state index contributed by atoms with van der Waals surface area (Å²) in [7, 11) is 0. The van der Waals surface area contributed by atoms with Gasteiger partial charge in [-0.05, 0) is 219 Å². The van der Waals surface area contributed by atoms with E-state index in [1.54, 1.807) is 22.3 Å². The van der Waals surface area contributed by atoms with Gasteiger partial charge in [0.05, 0.1) is 0 Å². The Morgan fingerprint density at radius 2 is 0.578 bits per heavy atom. The first-order valence-corrected chi connectivity index (χ1v) is 24.6. The SMILES string of the molecule is Cc1ccc(N(c2ccc(C)cc2)c2ccc3c(c2)C2(CC4CCC(C4)C2)c2cc4c(cc2-3)C2(CC3CCC(C3)C2)c2cc(N(c3ccc(C)cc3)c3ccc(C)cc3)ccc2-4)cc1. The Balaban J connectivity index is 1.000. The molecule has 4 bridgehead atoms. The molecule has 6 aliphatic rings. The second-order valence-electron chi connectivity index (χ2n) is 21.5. The van der Waals surface area contributed by atoms with Gasteiger partial charge < -0.3 is 9.80 Å². The van der Waals surface area contributed by atoms with E-state index in [2.05, 4.69) is 183 Å². The molecule has 2 nitrogen and oxygen atoms in total. The van der Waals surface area contributed by atoms with E-state index in [0.717, 1.165) is 23.7 Å². The number of benzene rings is 7. The molecule has 318 valence electrons. The molecule has 0 aromatic heterocycles. The highest BCUT2D eigenvalue weighted by molar-refractivity contribution is 5.93. The number of rotatable bonds is 6. The van der Waals surface area contributed by atoms with Gasteiger partial charge in [-0.3, -0.25) is 0 Å². The van der Waals surface area contributed by atoms with Gasteiger partial charge >= 0.3 is 0 Å².